The standard InChI is InChI=1S/C30H31ClN4O6/c1-40-25-12-6-3-9-20(25)18-32-27(36)13-7-8-16-34-29(38)22-10-4-5-11-24(22)35(30(34)39)19-28(37)33-23-17-21(31)14-15-26(23)41-2/h3-6,9-12,14-15,17H,7-8,13,16,18-19H2,1-2H3,(H,32,36)(H,33,37). The van der Waals surface area contributed by atoms with Crippen LogP contribution in [0.5, 0.6) is 11.5 Å². The first kappa shape index (κ1) is 29.4. The number of aromatic nitrogens is 2. The van der Waals surface area contributed by atoms with Crippen molar-refractivity contribution in [1.82, 2.24) is 14.5 Å². The second-order valence-corrected chi connectivity index (χ2v) is 9.72. The lowest BCUT2D eigenvalue weighted by molar-refractivity contribution is -0.121. The summed E-state index contributed by atoms with van der Waals surface area (Å²) in [6.07, 6.45) is 1.11. The summed E-state index contributed by atoms with van der Waals surface area (Å²) < 4.78 is 13.0. The number of hydrogen-bond acceptors (Lipinski definition) is 6. The highest BCUT2D eigenvalue weighted by Gasteiger charge is 2.17. The van der Waals surface area contributed by atoms with E-state index in [0.717, 1.165) is 10.1 Å². The Morgan fingerprint density at radius 2 is 1.59 bits per heavy atom. The minimum Gasteiger partial charge on any atom is -0.496 e. The second-order valence-electron chi connectivity index (χ2n) is 9.28. The maximum absolute atomic E-state index is 13.4. The van der Waals surface area contributed by atoms with Crippen molar-refractivity contribution in [2.75, 3.05) is 19.5 Å². The van der Waals surface area contributed by atoms with E-state index in [2.05, 4.69) is 10.6 Å². The third kappa shape index (κ3) is 7.15. The molecule has 2 amide bonds. The first-order valence-electron chi connectivity index (χ1n) is 13.1. The van der Waals surface area contributed by atoms with Gasteiger partial charge in [0.2, 0.25) is 11.8 Å². The van der Waals surface area contributed by atoms with Gasteiger partial charge in [0.15, 0.2) is 0 Å². The van der Waals surface area contributed by atoms with Crippen LogP contribution in [0.2, 0.25) is 5.02 Å². The molecule has 0 radical (unpaired) electrons. The lowest BCUT2D eigenvalue weighted by Gasteiger charge is -2.15. The van der Waals surface area contributed by atoms with Crippen LogP contribution in [-0.4, -0.2) is 35.2 Å². The lowest BCUT2D eigenvalue weighted by atomic mass is 10.2. The number of nitrogens with one attached hydrogen (secondary N) is 2. The quantitative estimate of drug-likeness (QED) is 0.246. The molecular weight excluding hydrogens is 548 g/mol. The lowest BCUT2D eigenvalue weighted by Crippen LogP contribution is -2.41. The minimum atomic E-state index is -0.609. The highest BCUT2D eigenvalue weighted by Crippen LogP contribution is 2.27. The van der Waals surface area contributed by atoms with Crippen molar-refractivity contribution in [2.24, 2.45) is 0 Å². The van der Waals surface area contributed by atoms with E-state index in [1.807, 2.05) is 24.3 Å². The van der Waals surface area contributed by atoms with Crippen molar-refractivity contribution in [1.29, 1.82) is 0 Å². The van der Waals surface area contributed by atoms with Crippen molar-refractivity contribution in [2.45, 2.75) is 38.9 Å². The predicted octanol–water partition coefficient (Wildman–Crippen LogP) is 3.96. The number of fused-ring (bicyclic) bond motifs is 1. The smallest absolute Gasteiger partial charge is 0.331 e. The fourth-order valence-electron chi connectivity index (χ4n) is 4.52. The minimum absolute atomic E-state index is 0.103. The van der Waals surface area contributed by atoms with Crippen LogP contribution in [0, 0.1) is 0 Å². The van der Waals surface area contributed by atoms with Crippen molar-refractivity contribution >= 4 is 40.0 Å². The molecule has 0 aliphatic rings. The molecule has 214 valence electrons. The van der Waals surface area contributed by atoms with E-state index in [4.69, 9.17) is 21.1 Å². The topological polar surface area (TPSA) is 121 Å². The highest BCUT2D eigenvalue weighted by molar-refractivity contribution is 6.31. The summed E-state index contributed by atoms with van der Waals surface area (Å²) in [6.45, 7) is 0.105. The molecule has 3 aromatic carbocycles. The zero-order valence-electron chi connectivity index (χ0n) is 22.8. The van der Waals surface area contributed by atoms with Crippen LogP contribution in [0.15, 0.2) is 76.3 Å². The van der Waals surface area contributed by atoms with E-state index in [1.165, 1.54) is 11.7 Å². The SMILES string of the molecule is COc1ccccc1CNC(=O)CCCCn1c(=O)c2ccccc2n(CC(=O)Nc2cc(Cl)ccc2OC)c1=O. The van der Waals surface area contributed by atoms with E-state index in [9.17, 15) is 19.2 Å². The number of carbonyl (C=O) groups excluding carboxylic acids is 2. The molecule has 0 unspecified atom stereocenters. The number of methoxy groups -OCH3 is 2. The molecule has 10 nitrogen and oxygen atoms in total. The van der Waals surface area contributed by atoms with Gasteiger partial charge in [-0.2, -0.15) is 0 Å². The van der Waals surface area contributed by atoms with Crippen LogP contribution >= 0.6 is 11.6 Å². The summed E-state index contributed by atoms with van der Waals surface area (Å²) in [6, 6.07) is 18.9. The average molecular weight is 579 g/mol. The maximum Gasteiger partial charge on any atom is 0.331 e. The number of amides is 2. The summed E-state index contributed by atoms with van der Waals surface area (Å²) >= 11 is 6.07. The predicted molar refractivity (Wildman–Crippen MR) is 158 cm³/mol. The van der Waals surface area contributed by atoms with Crippen molar-refractivity contribution < 1.29 is 19.1 Å². The Morgan fingerprint density at radius 1 is 0.854 bits per heavy atom. The molecule has 0 fully saturated rings. The molecule has 4 rings (SSSR count). The number of rotatable bonds is 12. The van der Waals surface area contributed by atoms with E-state index in [0.29, 0.717) is 52.5 Å². The molecule has 0 saturated heterocycles. The number of hydrogen-bond donors (Lipinski definition) is 2. The molecule has 0 aliphatic heterocycles. The maximum atomic E-state index is 13.4. The largest absolute Gasteiger partial charge is 0.496 e. The van der Waals surface area contributed by atoms with Gasteiger partial charge in [0.25, 0.3) is 5.56 Å². The zero-order valence-corrected chi connectivity index (χ0v) is 23.6. The van der Waals surface area contributed by atoms with Gasteiger partial charge in [-0.25, -0.2) is 4.79 Å². The number of anilines is 1. The fraction of sp³-hybridized carbons (Fsp3) is 0.267. The Kier molecular flexibility index (Phi) is 9.81. The number of halogens is 1. The van der Waals surface area contributed by atoms with Gasteiger partial charge < -0.3 is 20.1 Å². The third-order valence-electron chi connectivity index (χ3n) is 6.57. The molecule has 1 heterocycles. The van der Waals surface area contributed by atoms with Crippen LogP contribution in [0.4, 0.5) is 5.69 Å². The van der Waals surface area contributed by atoms with Crippen LogP contribution < -0.4 is 31.4 Å². The second kappa shape index (κ2) is 13.7. The summed E-state index contributed by atoms with van der Waals surface area (Å²) in [4.78, 5) is 52.0. The zero-order chi connectivity index (χ0) is 29.4. The number of para-hydroxylation sites is 2. The molecule has 0 bridgehead atoms. The first-order valence-corrected chi connectivity index (χ1v) is 13.4. The van der Waals surface area contributed by atoms with Crippen molar-refractivity contribution in [3.05, 3.63) is 98.2 Å². The van der Waals surface area contributed by atoms with Gasteiger partial charge in [-0.1, -0.05) is 41.9 Å². The van der Waals surface area contributed by atoms with Gasteiger partial charge in [0, 0.05) is 30.1 Å². The van der Waals surface area contributed by atoms with Crippen LogP contribution in [0.1, 0.15) is 24.8 Å². The first-order chi connectivity index (χ1) is 19.8. The fourth-order valence-corrected chi connectivity index (χ4v) is 4.69. The Balaban J connectivity index is 1.44. The Labute approximate surface area is 241 Å². The Morgan fingerprint density at radius 3 is 2.37 bits per heavy atom. The van der Waals surface area contributed by atoms with Crippen LogP contribution in [-0.2, 0) is 29.2 Å². The molecule has 41 heavy (non-hydrogen) atoms. The molecule has 11 heteroatoms. The van der Waals surface area contributed by atoms with E-state index < -0.39 is 17.2 Å². The van der Waals surface area contributed by atoms with Gasteiger partial charge in [-0.15, -0.1) is 0 Å². The van der Waals surface area contributed by atoms with Gasteiger partial charge in [-0.3, -0.25) is 23.5 Å². The van der Waals surface area contributed by atoms with Crippen LogP contribution in [0.3, 0.4) is 0 Å². The summed E-state index contributed by atoms with van der Waals surface area (Å²) in [5.74, 6) is 0.471. The van der Waals surface area contributed by atoms with Gasteiger partial charge in [-0.05, 0) is 49.2 Å². The molecule has 0 atom stereocenters. The highest BCUT2D eigenvalue weighted by atomic mass is 35.5. The van der Waals surface area contributed by atoms with Crippen molar-refractivity contribution in [3.63, 3.8) is 0 Å². The van der Waals surface area contributed by atoms with Gasteiger partial charge >= 0.3 is 5.69 Å². The van der Waals surface area contributed by atoms with Crippen molar-refractivity contribution in [3.8, 4) is 11.5 Å². The Hall–Kier alpha value is -4.57. The average Bonchev–Trinajstić information content (AvgIpc) is 2.98. The monoisotopic (exact) mass is 578 g/mol. The van der Waals surface area contributed by atoms with Gasteiger partial charge in [0.1, 0.15) is 18.0 Å². The molecule has 0 spiro atoms. The summed E-state index contributed by atoms with van der Waals surface area (Å²) in [5.41, 5.74) is 0.522. The van der Waals surface area contributed by atoms with Crippen LogP contribution in [0.25, 0.3) is 10.9 Å². The number of carbonyl (C=O) groups is 2. The molecular formula is C30H31ClN4O6. The molecule has 4 aromatic rings. The number of nitrogens with zero attached hydrogens (tertiary/aromatic N) is 2. The number of unbranched alkanes of at least 4 members (excludes halogenated alkanes) is 1. The summed E-state index contributed by atoms with van der Waals surface area (Å²) in [5, 5.41) is 6.31. The number of ether oxygens (including phenoxy) is 2. The van der Waals surface area contributed by atoms with Gasteiger partial charge in [0.05, 0.1) is 30.8 Å². The molecule has 1 aromatic heterocycles. The number of benzene rings is 3. The molecule has 0 aliphatic carbocycles. The molecule has 0 saturated carbocycles. The Bertz CT molecular complexity index is 1680. The summed E-state index contributed by atoms with van der Waals surface area (Å²) in [7, 11) is 3.04. The van der Waals surface area contributed by atoms with E-state index in [1.54, 1.807) is 49.6 Å². The van der Waals surface area contributed by atoms with E-state index in [-0.39, 0.29) is 25.4 Å². The van der Waals surface area contributed by atoms with E-state index >= 15 is 0 Å². The normalized spacial score (nSPS) is 10.8. The third-order valence-corrected chi connectivity index (χ3v) is 6.81. The molecule has 2 N–H and O–H groups in total.